The Morgan fingerprint density at radius 3 is 2.80 bits per heavy atom. The number of allylic oxidation sites excluding steroid dienone is 4. The molecule has 0 aliphatic heterocycles. The number of carbonyl (C=O) groups is 2. The van der Waals surface area contributed by atoms with E-state index in [0.717, 1.165) is 0 Å². The van der Waals surface area contributed by atoms with E-state index >= 15 is 0 Å². The lowest BCUT2D eigenvalue weighted by Crippen LogP contribution is -2.17. The number of hydrogen-bond acceptors (Lipinski definition) is 2. The molecule has 0 saturated carbocycles. The molecule has 0 spiro atoms. The summed E-state index contributed by atoms with van der Waals surface area (Å²) in [6.45, 7) is 0. The third-order valence-corrected chi connectivity index (χ3v) is 1.69. The van der Waals surface area contributed by atoms with Crippen molar-refractivity contribution in [3.05, 3.63) is 23.8 Å². The standard InChI is InChI=1S/C7H5ClO2/c8-7-5(4-9)2-1-3-6(7)10/h1-4,7H. The molecule has 1 atom stereocenters. The van der Waals surface area contributed by atoms with Crippen molar-refractivity contribution in [2.24, 2.45) is 0 Å². The van der Waals surface area contributed by atoms with E-state index in [9.17, 15) is 9.59 Å². The fraction of sp³-hybridized carbons (Fsp3) is 0.143. The zero-order valence-corrected chi connectivity index (χ0v) is 5.84. The molecule has 1 rings (SSSR count). The summed E-state index contributed by atoms with van der Waals surface area (Å²) >= 11 is 5.53. The molecule has 0 heterocycles. The largest absolute Gasteiger partial charge is 0.298 e. The van der Waals surface area contributed by atoms with Crippen molar-refractivity contribution in [3.63, 3.8) is 0 Å². The predicted molar refractivity (Wildman–Crippen MR) is 37.9 cm³/mol. The van der Waals surface area contributed by atoms with Crippen molar-refractivity contribution >= 4 is 23.7 Å². The number of carbonyl (C=O) groups excluding carboxylic acids is 2. The van der Waals surface area contributed by atoms with Gasteiger partial charge in [0.25, 0.3) is 0 Å². The maximum absolute atomic E-state index is 10.7. The molecule has 0 radical (unpaired) electrons. The fourth-order valence-corrected chi connectivity index (χ4v) is 0.883. The molecule has 0 aromatic rings. The molecule has 0 bridgehead atoms. The molecule has 0 fully saturated rings. The van der Waals surface area contributed by atoms with Crippen molar-refractivity contribution in [2.45, 2.75) is 5.38 Å². The van der Waals surface area contributed by atoms with Crippen molar-refractivity contribution in [1.29, 1.82) is 0 Å². The van der Waals surface area contributed by atoms with Crippen LogP contribution in [0.15, 0.2) is 23.8 Å². The minimum atomic E-state index is -0.775. The third-order valence-electron chi connectivity index (χ3n) is 1.23. The minimum absolute atomic E-state index is 0.230. The Hall–Kier alpha value is -0.890. The lowest BCUT2D eigenvalue weighted by molar-refractivity contribution is -0.115. The highest BCUT2D eigenvalue weighted by Crippen LogP contribution is 2.13. The monoisotopic (exact) mass is 156 g/mol. The molecular weight excluding hydrogens is 152 g/mol. The summed E-state index contributed by atoms with van der Waals surface area (Å²) in [5.41, 5.74) is 0.328. The van der Waals surface area contributed by atoms with Gasteiger partial charge in [0.2, 0.25) is 0 Å². The molecule has 2 nitrogen and oxygen atoms in total. The van der Waals surface area contributed by atoms with Crippen molar-refractivity contribution in [2.75, 3.05) is 0 Å². The van der Waals surface area contributed by atoms with Gasteiger partial charge in [0.05, 0.1) is 0 Å². The van der Waals surface area contributed by atoms with E-state index in [4.69, 9.17) is 11.6 Å². The van der Waals surface area contributed by atoms with Gasteiger partial charge in [0, 0.05) is 5.57 Å². The van der Waals surface area contributed by atoms with E-state index in [1.807, 2.05) is 0 Å². The Bertz CT molecular complexity index is 228. The first-order chi connectivity index (χ1) is 4.75. The number of hydrogen-bond donors (Lipinski definition) is 0. The van der Waals surface area contributed by atoms with E-state index in [-0.39, 0.29) is 5.78 Å². The topological polar surface area (TPSA) is 34.1 Å². The molecule has 1 aliphatic rings. The summed E-state index contributed by atoms with van der Waals surface area (Å²) < 4.78 is 0. The van der Waals surface area contributed by atoms with Crippen LogP contribution in [0, 0.1) is 0 Å². The molecule has 1 unspecified atom stereocenters. The summed E-state index contributed by atoms with van der Waals surface area (Å²) in [6, 6.07) is 0. The van der Waals surface area contributed by atoms with Gasteiger partial charge in [0.1, 0.15) is 11.7 Å². The normalized spacial score (nSPS) is 24.3. The molecule has 52 valence electrons. The van der Waals surface area contributed by atoms with Gasteiger partial charge in [-0.2, -0.15) is 0 Å². The van der Waals surface area contributed by atoms with Crippen LogP contribution in [-0.4, -0.2) is 17.4 Å². The SMILES string of the molecule is O=CC1=CC=CC(=O)C1Cl. The zero-order valence-electron chi connectivity index (χ0n) is 5.08. The van der Waals surface area contributed by atoms with E-state index in [1.165, 1.54) is 18.2 Å². The van der Waals surface area contributed by atoms with Crippen molar-refractivity contribution < 1.29 is 9.59 Å². The molecule has 0 amide bonds. The summed E-state index contributed by atoms with van der Waals surface area (Å²) in [6.07, 6.45) is 5.00. The second-order valence-electron chi connectivity index (χ2n) is 1.91. The van der Waals surface area contributed by atoms with Gasteiger partial charge in [-0.05, 0) is 6.08 Å². The first kappa shape index (κ1) is 7.22. The number of aldehydes is 1. The second kappa shape index (κ2) is 2.80. The lowest BCUT2D eigenvalue weighted by atomic mass is 10.1. The number of alkyl halides is 1. The van der Waals surface area contributed by atoms with Crippen LogP contribution in [0.5, 0.6) is 0 Å². The average molecular weight is 157 g/mol. The lowest BCUT2D eigenvalue weighted by Gasteiger charge is -2.06. The molecular formula is C7H5ClO2. The van der Waals surface area contributed by atoms with Crippen LogP contribution >= 0.6 is 11.6 Å². The van der Waals surface area contributed by atoms with Crippen LogP contribution in [0.25, 0.3) is 0 Å². The maximum Gasteiger partial charge on any atom is 0.178 e. The van der Waals surface area contributed by atoms with E-state index in [0.29, 0.717) is 11.9 Å². The van der Waals surface area contributed by atoms with Gasteiger partial charge in [-0.1, -0.05) is 12.2 Å². The Morgan fingerprint density at radius 2 is 2.30 bits per heavy atom. The highest BCUT2D eigenvalue weighted by Gasteiger charge is 2.18. The Balaban J connectivity index is 2.91. The fourth-order valence-electron chi connectivity index (χ4n) is 0.686. The number of ketones is 1. The summed E-state index contributed by atoms with van der Waals surface area (Å²) in [5, 5.41) is -0.775. The molecule has 3 heteroatoms. The average Bonchev–Trinajstić information content (AvgIpc) is 1.95. The van der Waals surface area contributed by atoms with Gasteiger partial charge >= 0.3 is 0 Å². The van der Waals surface area contributed by atoms with Crippen molar-refractivity contribution in [3.8, 4) is 0 Å². The van der Waals surface area contributed by atoms with Gasteiger partial charge in [-0.25, -0.2) is 0 Å². The van der Waals surface area contributed by atoms with Gasteiger partial charge in [-0.3, -0.25) is 9.59 Å². The van der Waals surface area contributed by atoms with Gasteiger partial charge in [0.15, 0.2) is 5.78 Å². The van der Waals surface area contributed by atoms with Crippen LogP contribution in [0.3, 0.4) is 0 Å². The Morgan fingerprint density at radius 1 is 1.60 bits per heavy atom. The number of halogens is 1. The summed E-state index contributed by atoms with van der Waals surface area (Å²) in [7, 11) is 0. The summed E-state index contributed by atoms with van der Waals surface area (Å²) in [5.74, 6) is -0.230. The minimum Gasteiger partial charge on any atom is -0.298 e. The van der Waals surface area contributed by atoms with Crippen molar-refractivity contribution in [1.82, 2.24) is 0 Å². The summed E-state index contributed by atoms with van der Waals surface area (Å²) in [4.78, 5) is 20.9. The smallest absolute Gasteiger partial charge is 0.178 e. The third kappa shape index (κ3) is 1.16. The molecule has 10 heavy (non-hydrogen) atoms. The maximum atomic E-state index is 10.7. The predicted octanol–water partition coefficient (Wildman–Crippen LogP) is 0.858. The Kier molecular flexibility index (Phi) is 2.02. The Labute approximate surface area is 63.2 Å². The zero-order chi connectivity index (χ0) is 7.56. The first-order valence-electron chi connectivity index (χ1n) is 2.77. The highest BCUT2D eigenvalue weighted by atomic mass is 35.5. The van der Waals surface area contributed by atoms with Gasteiger partial charge < -0.3 is 0 Å². The van der Waals surface area contributed by atoms with E-state index in [2.05, 4.69) is 0 Å². The van der Waals surface area contributed by atoms with E-state index in [1.54, 1.807) is 0 Å². The quantitative estimate of drug-likeness (QED) is 0.417. The van der Waals surface area contributed by atoms with Crippen LogP contribution in [-0.2, 0) is 9.59 Å². The molecule has 0 aromatic carbocycles. The molecule has 0 saturated heterocycles. The highest BCUT2D eigenvalue weighted by molar-refractivity contribution is 6.37. The van der Waals surface area contributed by atoms with Crippen LogP contribution in [0.4, 0.5) is 0 Å². The van der Waals surface area contributed by atoms with Gasteiger partial charge in [-0.15, -0.1) is 11.6 Å². The molecule has 0 aromatic heterocycles. The van der Waals surface area contributed by atoms with Crippen LogP contribution in [0.1, 0.15) is 0 Å². The first-order valence-corrected chi connectivity index (χ1v) is 3.20. The van der Waals surface area contributed by atoms with Crippen LogP contribution < -0.4 is 0 Å². The second-order valence-corrected chi connectivity index (χ2v) is 2.34. The van der Waals surface area contributed by atoms with E-state index < -0.39 is 5.38 Å². The molecule has 0 N–H and O–H groups in total. The number of rotatable bonds is 1. The van der Waals surface area contributed by atoms with Crippen LogP contribution in [0.2, 0.25) is 0 Å². The molecule has 1 aliphatic carbocycles.